The number of aromatic nitrogens is 2. The van der Waals surface area contributed by atoms with Gasteiger partial charge in [0.1, 0.15) is 10.6 Å². The molecule has 27 heavy (non-hydrogen) atoms. The van der Waals surface area contributed by atoms with Gasteiger partial charge in [0.05, 0.1) is 11.1 Å². The standard InChI is InChI=1S/C20H21FN2O2S2/c1-25-11-6-12-26-20-22-18-17(13-7-2-5-10-16(13)27-18)19(24)23(20)15-9-4-3-8-14(15)21/h3-4,8-9H,2,5-7,10-12H2,1H3. The molecule has 0 radical (unpaired) electrons. The van der Waals surface area contributed by atoms with Crippen molar-refractivity contribution in [3.8, 4) is 5.69 Å². The van der Waals surface area contributed by atoms with Crippen LogP contribution in [0, 0.1) is 5.82 Å². The Morgan fingerprint density at radius 3 is 2.93 bits per heavy atom. The Morgan fingerprint density at radius 1 is 1.30 bits per heavy atom. The molecule has 1 aliphatic carbocycles. The van der Waals surface area contributed by atoms with Gasteiger partial charge in [0, 0.05) is 24.3 Å². The van der Waals surface area contributed by atoms with Crippen LogP contribution in [0.2, 0.25) is 0 Å². The molecule has 2 heterocycles. The molecule has 2 aromatic heterocycles. The average molecular weight is 405 g/mol. The molecule has 0 bridgehead atoms. The van der Waals surface area contributed by atoms with Gasteiger partial charge in [0.25, 0.3) is 5.56 Å². The number of hydrogen-bond donors (Lipinski definition) is 0. The summed E-state index contributed by atoms with van der Waals surface area (Å²) in [7, 11) is 1.67. The van der Waals surface area contributed by atoms with Gasteiger partial charge >= 0.3 is 0 Å². The number of rotatable bonds is 6. The Kier molecular flexibility index (Phi) is 5.61. The van der Waals surface area contributed by atoms with Crippen LogP contribution in [0.4, 0.5) is 4.39 Å². The zero-order valence-electron chi connectivity index (χ0n) is 15.2. The molecule has 0 atom stereocenters. The molecular formula is C20H21FN2O2S2. The van der Waals surface area contributed by atoms with Gasteiger partial charge in [-0.15, -0.1) is 11.3 Å². The Labute approximate surface area is 165 Å². The third-order valence-electron chi connectivity index (χ3n) is 4.78. The molecule has 7 heteroatoms. The monoisotopic (exact) mass is 404 g/mol. The van der Waals surface area contributed by atoms with Crippen LogP contribution >= 0.6 is 23.1 Å². The van der Waals surface area contributed by atoms with Crippen LogP contribution in [-0.2, 0) is 17.6 Å². The molecule has 1 aromatic carbocycles. The van der Waals surface area contributed by atoms with Gasteiger partial charge in [0.2, 0.25) is 0 Å². The van der Waals surface area contributed by atoms with E-state index in [0.717, 1.165) is 48.3 Å². The van der Waals surface area contributed by atoms with Crippen molar-refractivity contribution in [2.45, 2.75) is 37.3 Å². The number of benzene rings is 1. The van der Waals surface area contributed by atoms with Crippen molar-refractivity contribution in [1.29, 1.82) is 0 Å². The Morgan fingerprint density at radius 2 is 2.11 bits per heavy atom. The zero-order valence-corrected chi connectivity index (χ0v) is 16.8. The number of methoxy groups -OCH3 is 1. The van der Waals surface area contributed by atoms with Gasteiger partial charge in [-0.25, -0.2) is 9.37 Å². The minimum Gasteiger partial charge on any atom is -0.385 e. The van der Waals surface area contributed by atoms with Crippen molar-refractivity contribution in [2.24, 2.45) is 0 Å². The summed E-state index contributed by atoms with van der Waals surface area (Å²) in [5.74, 6) is 0.342. The lowest BCUT2D eigenvalue weighted by Gasteiger charge is -2.14. The van der Waals surface area contributed by atoms with Gasteiger partial charge in [-0.1, -0.05) is 23.9 Å². The summed E-state index contributed by atoms with van der Waals surface area (Å²) in [5.41, 5.74) is 1.24. The molecule has 0 aliphatic heterocycles. The van der Waals surface area contributed by atoms with E-state index in [1.165, 1.54) is 27.3 Å². The maximum Gasteiger partial charge on any atom is 0.267 e. The van der Waals surface area contributed by atoms with Crippen molar-refractivity contribution in [2.75, 3.05) is 19.5 Å². The number of fused-ring (bicyclic) bond motifs is 3. The second-order valence-electron chi connectivity index (χ2n) is 6.57. The third kappa shape index (κ3) is 3.56. The van der Waals surface area contributed by atoms with Crippen molar-refractivity contribution in [3.63, 3.8) is 0 Å². The number of halogens is 1. The molecule has 0 fully saturated rings. The number of hydrogen-bond acceptors (Lipinski definition) is 5. The van der Waals surface area contributed by atoms with Crippen LogP contribution in [-0.4, -0.2) is 29.0 Å². The minimum atomic E-state index is -0.413. The highest BCUT2D eigenvalue weighted by Gasteiger charge is 2.23. The summed E-state index contributed by atoms with van der Waals surface area (Å²) in [5, 5.41) is 1.23. The van der Waals surface area contributed by atoms with Crippen LogP contribution in [0.5, 0.6) is 0 Å². The van der Waals surface area contributed by atoms with Crippen LogP contribution in [0.15, 0.2) is 34.2 Å². The van der Waals surface area contributed by atoms with E-state index in [1.54, 1.807) is 36.6 Å². The first kappa shape index (κ1) is 18.7. The molecule has 0 unspecified atom stereocenters. The fourth-order valence-electron chi connectivity index (χ4n) is 3.50. The second-order valence-corrected chi connectivity index (χ2v) is 8.72. The van der Waals surface area contributed by atoms with Crippen molar-refractivity contribution in [3.05, 3.63) is 50.9 Å². The molecule has 4 nitrogen and oxygen atoms in total. The van der Waals surface area contributed by atoms with Crippen molar-refractivity contribution in [1.82, 2.24) is 9.55 Å². The van der Waals surface area contributed by atoms with Crippen LogP contribution in [0.25, 0.3) is 15.9 Å². The first-order chi connectivity index (χ1) is 13.2. The highest BCUT2D eigenvalue weighted by Crippen LogP contribution is 2.35. The molecule has 142 valence electrons. The van der Waals surface area contributed by atoms with Crippen molar-refractivity contribution >= 4 is 33.3 Å². The summed E-state index contributed by atoms with van der Waals surface area (Å²) >= 11 is 3.10. The summed E-state index contributed by atoms with van der Waals surface area (Å²) in [6.45, 7) is 0.645. The number of thioether (sulfide) groups is 1. The number of aryl methyl sites for hydroxylation is 2. The van der Waals surface area contributed by atoms with Crippen molar-refractivity contribution < 1.29 is 9.13 Å². The lowest BCUT2D eigenvalue weighted by Crippen LogP contribution is -2.23. The normalized spacial score (nSPS) is 13.9. The molecule has 1 aliphatic rings. The van der Waals surface area contributed by atoms with Gasteiger partial charge in [0.15, 0.2) is 5.16 Å². The van der Waals surface area contributed by atoms with E-state index in [9.17, 15) is 9.18 Å². The van der Waals surface area contributed by atoms with E-state index < -0.39 is 5.82 Å². The van der Waals surface area contributed by atoms with E-state index in [1.807, 2.05) is 0 Å². The maximum absolute atomic E-state index is 14.5. The van der Waals surface area contributed by atoms with Gasteiger partial charge in [-0.3, -0.25) is 9.36 Å². The van der Waals surface area contributed by atoms with E-state index in [4.69, 9.17) is 9.72 Å². The summed E-state index contributed by atoms with van der Waals surface area (Å²) in [4.78, 5) is 20.3. The van der Waals surface area contributed by atoms with E-state index in [0.29, 0.717) is 17.1 Å². The van der Waals surface area contributed by atoms with Crippen LogP contribution in [0.3, 0.4) is 0 Å². The Hall–Kier alpha value is -1.70. The number of thiophene rings is 1. The molecule has 0 spiro atoms. The van der Waals surface area contributed by atoms with E-state index in [2.05, 4.69) is 0 Å². The molecular weight excluding hydrogens is 383 g/mol. The molecule has 0 N–H and O–H groups in total. The molecule has 3 aromatic rings. The first-order valence-electron chi connectivity index (χ1n) is 9.14. The first-order valence-corrected chi connectivity index (χ1v) is 10.9. The third-order valence-corrected chi connectivity index (χ3v) is 6.99. The van der Waals surface area contributed by atoms with Gasteiger partial charge in [-0.2, -0.15) is 0 Å². The van der Waals surface area contributed by atoms with E-state index in [-0.39, 0.29) is 11.2 Å². The average Bonchev–Trinajstić information content (AvgIpc) is 3.05. The lowest BCUT2D eigenvalue weighted by atomic mass is 9.97. The number of ether oxygens (including phenoxy) is 1. The zero-order chi connectivity index (χ0) is 18.8. The highest BCUT2D eigenvalue weighted by molar-refractivity contribution is 7.99. The van der Waals surface area contributed by atoms with Gasteiger partial charge < -0.3 is 4.74 Å². The fraction of sp³-hybridized carbons (Fsp3) is 0.400. The predicted octanol–water partition coefficient (Wildman–Crippen LogP) is 4.59. The Balaban J connectivity index is 1.90. The molecule has 4 rings (SSSR count). The van der Waals surface area contributed by atoms with Crippen LogP contribution in [0.1, 0.15) is 29.7 Å². The molecule has 0 saturated heterocycles. The van der Waals surface area contributed by atoms with E-state index >= 15 is 0 Å². The van der Waals surface area contributed by atoms with Gasteiger partial charge in [-0.05, 0) is 49.8 Å². The molecule has 0 amide bonds. The van der Waals surface area contributed by atoms with Crippen LogP contribution < -0.4 is 5.56 Å². The quantitative estimate of drug-likeness (QED) is 0.342. The Bertz CT molecular complexity index is 1030. The fourth-order valence-corrected chi connectivity index (χ4v) is 5.72. The minimum absolute atomic E-state index is 0.154. The largest absolute Gasteiger partial charge is 0.385 e. The molecule has 0 saturated carbocycles. The summed E-state index contributed by atoms with van der Waals surface area (Å²) in [6, 6.07) is 6.40. The maximum atomic E-state index is 14.5. The predicted molar refractivity (Wildman–Crippen MR) is 109 cm³/mol. The summed E-state index contributed by atoms with van der Waals surface area (Å²) in [6.07, 6.45) is 4.99. The summed E-state index contributed by atoms with van der Waals surface area (Å²) < 4.78 is 21.1. The SMILES string of the molecule is COCCCSc1nc2sc3c(c2c(=O)n1-c1ccccc1F)CCCC3. The highest BCUT2D eigenvalue weighted by atomic mass is 32.2. The number of nitrogens with zero attached hydrogens (tertiary/aromatic N) is 2. The lowest BCUT2D eigenvalue weighted by molar-refractivity contribution is 0.200. The smallest absolute Gasteiger partial charge is 0.267 e. The topological polar surface area (TPSA) is 44.1 Å². The second kappa shape index (κ2) is 8.12. The number of para-hydroxylation sites is 1.